The standard InChI is InChI=1S/C56H43N3/c1-5-16-43-36(4)57(40-18-9-8-10-19-40)51-25-14-21-45(54(43)51)38-28-31-41(32-29-38)58(42-33-30-39-34-37(7-3)44(17-6-2)49(39)35-42)52-26-15-27-53-55(52)48-23-13-22-47-46-20-11-12-24-50(46)59(53)56(47)48/h5-33,35H,3,34H2,1-2,4H3/b16-5-,17-6-. The van der Waals surface area contributed by atoms with Gasteiger partial charge in [-0.3, -0.25) is 0 Å². The first kappa shape index (κ1) is 34.9. The van der Waals surface area contributed by atoms with Crippen molar-refractivity contribution in [3.05, 3.63) is 210 Å². The third-order valence-electron chi connectivity index (χ3n) is 12.5. The number of anilines is 3. The molecule has 0 spiro atoms. The van der Waals surface area contributed by atoms with Gasteiger partial charge in [0.2, 0.25) is 0 Å². The van der Waals surface area contributed by atoms with Crippen LogP contribution in [0.15, 0.2) is 188 Å². The molecule has 0 aliphatic heterocycles. The van der Waals surface area contributed by atoms with Gasteiger partial charge in [0, 0.05) is 55.3 Å². The molecule has 0 unspecified atom stereocenters. The van der Waals surface area contributed by atoms with Gasteiger partial charge in [-0.1, -0.05) is 128 Å². The van der Waals surface area contributed by atoms with E-state index < -0.39 is 0 Å². The summed E-state index contributed by atoms with van der Waals surface area (Å²) in [6.45, 7) is 10.6. The third-order valence-corrected chi connectivity index (χ3v) is 12.5. The Bertz CT molecular complexity index is 3390. The van der Waals surface area contributed by atoms with Crippen molar-refractivity contribution < 1.29 is 0 Å². The van der Waals surface area contributed by atoms with Crippen LogP contribution in [0.5, 0.6) is 0 Å². The number of hydrogen-bond acceptors (Lipinski definition) is 1. The Morgan fingerprint density at radius 3 is 2.10 bits per heavy atom. The highest BCUT2D eigenvalue weighted by Gasteiger charge is 2.26. The number of fused-ring (bicyclic) bond motifs is 8. The lowest BCUT2D eigenvalue weighted by molar-refractivity contribution is 1.05. The van der Waals surface area contributed by atoms with E-state index in [2.05, 4.69) is 217 Å². The molecule has 3 aromatic heterocycles. The molecule has 0 N–H and O–H groups in total. The first-order chi connectivity index (χ1) is 29.1. The predicted octanol–water partition coefficient (Wildman–Crippen LogP) is 15.3. The van der Waals surface area contributed by atoms with Crippen LogP contribution in [0.3, 0.4) is 0 Å². The Morgan fingerprint density at radius 1 is 0.593 bits per heavy atom. The lowest BCUT2D eigenvalue weighted by Gasteiger charge is -2.27. The fourth-order valence-electron chi connectivity index (χ4n) is 10.0. The summed E-state index contributed by atoms with van der Waals surface area (Å²) >= 11 is 0. The zero-order valence-corrected chi connectivity index (χ0v) is 33.6. The maximum absolute atomic E-state index is 4.18. The normalized spacial score (nSPS) is 13.1. The largest absolute Gasteiger partial charge is 0.313 e. The number of aromatic nitrogens is 2. The van der Waals surface area contributed by atoms with Crippen LogP contribution >= 0.6 is 0 Å². The first-order valence-corrected chi connectivity index (χ1v) is 20.6. The summed E-state index contributed by atoms with van der Waals surface area (Å²) in [5.74, 6) is 0. The number of para-hydroxylation sites is 3. The topological polar surface area (TPSA) is 12.6 Å². The second-order valence-corrected chi connectivity index (χ2v) is 15.6. The Balaban J connectivity index is 1.14. The number of rotatable bonds is 8. The molecule has 11 rings (SSSR count). The average molecular weight is 758 g/mol. The average Bonchev–Trinajstić information content (AvgIpc) is 4.00. The summed E-state index contributed by atoms with van der Waals surface area (Å²) in [7, 11) is 0. The summed E-state index contributed by atoms with van der Waals surface area (Å²) in [4.78, 5) is 2.47. The maximum atomic E-state index is 4.18. The van der Waals surface area contributed by atoms with E-state index in [1.807, 2.05) is 6.08 Å². The van der Waals surface area contributed by atoms with Crippen LogP contribution < -0.4 is 4.90 Å². The molecular weight excluding hydrogens is 715 g/mol. The van der Waals surface area contributed by atoms with E-state index in [4.69, 9.17) is 0 Å². The van der Waals surface area contributed by atoms with E-state index in [0.29, 0.717) is 0 Å². The van der Waals surface area contributed by atoms with Gasteiger partial charge in [-0.25, -0.2) is 0 Å². The van der Waals surface area contributed by atoms with Gasteiger partial charge in [0.05, 0.1) is 27.8 Å². The third kappa shape index (κ3) is 5.14. The van der Waals surface area contributed by atoms with Crippen LogP contribution in [0.2, 0.25) is 0 Å². The van der Waals surface area contributed by atoms with Crippen LogP contribution in [-0.2, 0) is 6.42 Å². The molecule has 59 heavy (non-hydrogen) atoms. The Labute approximate surface area is 344 Å². The van der Waals surface area contributed by atoms with Crippen molar-refractivity contribution in [2.24, 2.45) is 0 Å². The van der Waals surface area contributed by atoms with Crippen molar-refractivity contribution in [2.75, 3.05) is 4.90 Å². The molecule has 0 bridgehead atoms. The van der Waals surface area contributed by atoms with Gasteiger partial charge in [0.1, 0.15) is 0 Å². The van der Waals surface area contributed by atoms with Crippen LogP contribution in [0.4, 0.5) is 17.1 Å². The minimum Gasteiger partial charge on any atom is -0.313 e. The smallest absolute Gasteiger partial charge is 0.0621 e. The highest BCUT2D eigenvalue weighted by molar-refractivity contribution is 6.26. The summed E-state index contributed by atoms with van der Waals surface area (Å²) in [5.41, 5.74) is 19.5. The first-order valence-electron chi connectivity index (χ1n) is 20.6. The maximum Gasteiger partial charge on any atom is 0.0621 e. The Kier molecular flexibility index (Phi) is 8.06. The van der Waals surface area contributed by atoms with Crippen LogP contribution in [0.1, 0.15) is 36.2 Å². The quantitative estimate of drug-likeness (QED) is 0.150. The van der Waals surface area contributed by atoms with Gasteiger partial charge in [-0.15, -0.1) is 0 Å². The molecule has 0 radical (unpaired) electrons. The highest BCUT2D eigenvalue weighted by atomic mass is 15.1. The van der Waals surface area contributed by atoms with Gasteiger partial charge in [0.15, 0.2) is 0 Å². The van der Waals surface area contributed by atoms with E-state index in [1.165, 1.54) is 99.3 Å². The Morgan fingerprint density at radius 2 is 1.29 bits per heavy atom. The molecule has 10 aromatic rings. The SMILES string of the molecule is C=CC1=C(/C=C\C)c2cc(N(c3ccc(-c4cccc5c4c(/C=C\C)c(C)n5-c4ccccc4)cc3)c3cccc4c3c3cccc5c6ccccc6n4c53)ccc2C1. The van der Waals surface area contributed by atoms with Crippen molar-refractivity contribution in [3.63, 3.8) is 0 Å². The zero-order chi connectivity index (χ0) is 39.8. The van der Waals surface area contributed by atoms with E-state index in [-0.39, 0.29) is 0 Å². The molecule has 3 heterocycles. The molecule has 7 aromatic carbocycles. The summed E-state index contributed by atoms with van der Waals surface area (Å²) in [5, 5.41) is 6.35. The monoisotopic (exact) mass is 757 g/mol. The molecule has 0 atom stereocenters. The molecule has 0 saturated carbocycles. The second-order valence-electron chi connectivity index (χ2n) is 15.6. The van der Waals surface area contributed by atoms with E-state index >= 15 is 0 Å². The molecule has 282 valence electrons. The van der Waals surface area contributed by atoms with Gasteiger partial charge in [0.25, 0.3) is 0 Å². The van der Waals surface area contributed by atoms with Crippen LogP contribution in [0, 0.1) is 6.92 Å². The van der Waals surface area contributed by atoms with Gasteiger partial charge in [-0.2, -0.15) is 0 Å². The van der Waals surface area contributed by atoms with Crippen molar-refractivity contribution in [1.29, 1.82) is 0 Å². The summed E-state index contributed by atoms with van der Waals surface area (Å²) in [6, 6.07) is 56.0. The molecule has 0 fully saturated rings. The minimum atomic E-state index is 0.894. The predicted molar refractivity (Wildman–Crippen MR) is 253 cm³/mol. The lowest BCUT2D eigenvalue weighted by atomic mass is 9.97. The number of benzene rings is 7. The molecule has 0 saturated heterocycles. The lowest BCUT2D eigenvalue weighted by Crippen LogP contribution is -2.11. The molecular formula is C56H43N3. The van der Waals surface area contributed by atoms with Crippen molar-refractivity contribution in [2.45, 2.75) is 27.2 Å². The molecule has 1 aliphatic carbocycles. The zero-order valence-electron chi connectivity index (χ0n) is 33.6. The van der Waals surface area contributed by atoms with E-state index in [1.54, 1.807) is 0 Å². The number of nitrogens with zero attached hydrogens (tertiary/aromatic N) is 3. The molecule has 1 aliphatic rings. The number of allylic oxidation sites excluding steroid dienone is 6. The molecule has 3 nitrogen and oxygen atoms in total. The van der Waals surface area contributed by atoms with E-state index in [0.717, 1.165) is 23.5 Å². The molecule has 3 heteroatoms. The molecule has 0 amide bonds. The van der Waals surface area contributed by atoms with Crippen LogP contribution in [0.25, 0.3) is 77.5 Å². The highest BCUT2D eigenvalue weighted by Crippen LogP contribution is 2.48. The fraction of sp³-hybridized carbons (Fsp3) is 0.0714. The Hall–Kier alpha value is -7.36. The minimum absolute atomic E-state index is 0.894. The number of hydrogen-bond donors (Lipinski definition) is 0. The van der Waals surface area contributed by atoms with E-state index in [9.17, 15) is 0 Å². The van der Waals surface area contributed by atoms with Gasteiger partial charge in [-0.05, 0) is 121 Å². The van der Waals surface area contributed by atoms with Crippen molar-refractivity contribution in [1.82, 2.24) is 8.97 Å². The van der Waals surface area contributed by atoms with Gasteiger partial charge >= 0.3 is 0 Å². The summed E-state index contributed by atoms with van der Waals surface area (Å²) in [6.07, 6.45) is 11.7. The van der Waals surface area contributed by atoms with Gasteiger partial charge < -0.3 is 13.9 Å². The van der Waals surface area contributed by atoms with Crippen molar-refractivity contribution >= 4 is 77.7 Å². The fourth-order valence-corrected chi connectivity index (χ4v) is 10.0. The van der Waals surface area contributed by atoms with Crippen LogP contribution in [-0.4, -0.2) is 8.97 Å². The van der Waals surface area contributed by atoms with Crippen molar-refractivity contribution in [3.8, 4) is 16.8 Å². The summed E-state index contributed by atoms with van der Waals surface area (Å²) < 4.78 is 4.86. The second kappa shape index (κ2) is 13.6.